The van der Waals surface area contributed by atoms with Gasteiger partial charge in [-0.3, -0.25) is 4.72 Å². The van der Waals surface area contributed by atoms with Crippen LogP contribution in [0.2, 0.25) is 0 Å². The molecule has 0 aliphatic rings. The van der Waals surface area contributed by atoms with E-state index in [0.717, 1.165) is 16.3 Å². The summed E-state index contributed by atoms with van der Waals surface area (Å²) < 4.78 is 29.1. The third-order valence-electron chi connectivity index (χ3n) is 5.74. The van der Waals surface area contributed by atoms with Crippen LogP contribution in [0.3, 0.4) is 0 Å². The van der Waals surface area contributed by atoms with Gasteiger partial charge in [0.05, 0.1) is 10.6 Å². The molecule has 5 rings (SSSR count). The summed E-state index contributed by atoms with van der Waals surface area (Å²) in [6.07, 6.45) is 0. The summed E-state index contributed by atoms with van der Waals surface area (Å²) in [7, 11) is -3.89. The number of rotatable bonds is 4. The number of aryl methyl sites for hydroxylation is 1. The van der Waals surface area contributed by atoms with Crippen molar-refractivity contribution in [1.82, 2.24) is 0 Å². The zero-order valence-corrected chi connectivity index (χ0v) is 18.6. The fourth-order valence-corrected chi connectivity index (χ4v) is 5.34. The summed E-state index contributed by atoms with van der Waals surface area (Å²) in [6.45, 7) is 1.83. The molecule has 5 nitrogen and oxygen atoms in total. The van der Waals surface area contributed by atoms with Gasteiger partial charge >= 0.3 is 0 Å². The fraction of sp³-hybridized carbons (Fsp3) is 0.0370. The maximum atomic E-state index is 13.2. The molecule has 0 aliphatic carbocycles. The highest BCUT2D eigenvalue weighted by atomic mass is 32.2. The summed E-state index contributed by atoms with van der Waals surface area (Å²) in [6, 6.07) is 26.1. The Labute approximate surface area is 191 Å². The van der Waals surface area contributed by atoms with Crippen LogP contribution in [0, 0.1) is 6.92 Å². The Bertz CT molecular complexity index is 1640. The van der Waals surface area contributed by atoms with Gasteiger partial charge < -0.3 is 10.2 Å². The Kier molecular flexibility index (Phi) is 4.95. The van der Waals surface area contributed by atoms with E-state index in [1.54, 1.807) is 54.6 Å². The third kappa shape index (κ3) is 3.64. The topological polar surface area (TPSA) is 86.6 Å². The Morgan fingerprint density at radius 2 is 1.42 bits per heavy atom. The molecule has 3 N–H and O–H groups in total. The summed E-state index contributed by atoms with van der Waals surface area (Å²) >= 11 is 0. The number of hydrogen-bond acceptors (Lipinski definition) is 4. The monoisotopic (exact) mass is 455 g/mol. The standard InChI is InChI=1S/C27H21NO4S/c1-17-7-6-9-19(15-17)33(31,32)28-24-16-23(27(30)22-12-5-4-11-21(22)24)26-20-10-3-2-8-18(20)13-14-25(26)29/h2-16,28-30H,1H3. The molecule has 5 aromatic rings. The van der Waals surface area contributed by atoms with E-state index in [0.29, 0.717) is 27.6 Å². The second kappa shape index (κ2) is 7.83. The van der Waals surface area contributed by atoms with Crippen molar-refractivity contribution < 1.29 is 18.6 Å². The lowest BCUT2D eigenvalue weighted by Gasteiger charge is -2.17. The molecular weight excluding hydrogens is 434 g/mol. The van der Waals surface area contributed by atoms with E-state index in [-0.39, 0.29) is 16.4 Å². The first kappa shape index (κ1) is 20.8. The van der Waals surface area contributed by atoms with E-state index in [2.05, 4.69) is 4.72 Å². The van der Waals surface area contributed by atoms with Gasteiger partial charge in [-0.15, -0.1) is 0 Å². The molecular formula is C27H21NO4S. The van der Waals surface area contributed by atoms with Crippen molar-refractivity contribution >= 4 is 37.3 Å². The molecule has 0 radical (unpaired) electrons. The quantitative estimate of drug-likeness (QED) is 0.282. The van der Waals surface area contributed by atoms with Crippen molar-refractivity contribution in [2.24, 2.45) is 0 Å². The van der Waals surface area contributed by atoms with Crippen molar-refractivity contribution in [3.63, 3.8) is 0 Å². The second-order valence-electron chi connectivity index (χ2n) is 7.97. The number of sulfonamides is 1. The van der Waals surface area contributed by atoms with Gasteiger partial charge in [0.15, 0.2) is 0 Å². The van der Waals surface area contributed by atoms with Crippen molar-refractivity contribution in [3.8, 4) is 22.6 Å². The zero-order chi connectivity index (χ0) is 23.2. The Balaban J connectivity index is 1.78. The van der Waals surface area contributed by atoms with Crippen LogP contribution in [-0.4, -0.2) is 18.6 Å². The smallest absolute Gasteiger partial charge is 0.261 e. The molecule has 0 heterocycles. The van der Waals surface area contributed by atoms with Crippen LogP contribution >= 0.6 is 0 Å². The van der Waals surface area contributed by atoms with E-state index in [9.17, 15) is 18.6 Å². The SMILES string of the molecule is Cc1cccc(S(=O)(=O)Nc2cc(-c3c(O)ccc4ccccc34)c(O)c3ccccc23)c1. The Morgan fingerprint density at radius 3 is 2.18 bits per heavy atom. The number of phenols is 2. The molecule has 6 heteroatoms. The predicted molar refractivity (Wildman–Crippen MR) is 132 cm³/mol. The molecule has 0 amide bonds. The first-order chi connectivity index (χ1) is 15.8. The molecule has 0 aliphatic heterocycles. The predicted octanol–water partition coefficient (Wildman–Crippen LogP) is 6.18. The molecule has 33 heavy (non-hydrogen) atoms. The molecule has 0 spiro atoms. The van der Waals surface area contributed by atoms with E-state index in [4.69, 9.17) is 0 Å². The van der Waals surface area contributed by atoms with Crippen molar-refractivity contribution in [2.75, 3.05) is 4.72 Å². The average Bonchev–Trinajstić information content (AvgIpc) is 2.81. The van der Waals surface area contributed by atoms with Crippen LogP contribution in [0.5, 0.6) is 11.5 Å². The van der Waals surface area contributed by atoms with Crippen LogP contribution < -0.4 is 4.72 Å². The van der Waals surface area contributed by atoms with Crippen molar-refractivity contribution in [1.29, 1.82) is 0 Å². The van der Waals surface area contributed by atoms with Gasteiger partial charge in [0, 0.05) is 21.9 Å². The number of hydrogen-bond donors (Lipinski definition) is 3. The average molecular weight is 456 g/mol. The van der Waals surface area contributed by atoms with Gasteiger partial charge in [0.25, 0.3) is 10.0 Å². The molecule has 0 fully saturated rings. The molecule has 0 bridgehead atoms. The number of anilines is 1. The first-order valence-corrected chi connectivity index (χ1v) is 11.9. The highest BCUT2D eigenvalue weighted by Crippen LogP contribution is 2.46. The maximum Gasteiger partial charge on any atom is 0.261 e. The van der Waals surface area contributed by atoms with Crippen LogP contribution in [0.25, 0.3) is 32.7 Å². The van der Waals surface area contributed by atoms with Crippen molar-refractivity contribution in [2.45, 2.75) is 11.8 Å². The van der Waals surface area contributed by atoms with Crippen LogP contribution in [0.4, 0.5) is 5.69 Å². The lowest BCUT2D eigenvalue weighted by molar-refractivity contribution is 0.472. The van der Waals surface area contributed by atoms with E-state index in [1.807, 2.05) is 37.3 Å². The van der Waals surface area contributed by atoms with Crippen LogP contribution in [0.1, 0.15) is 5.56 Å². The minimum Gasteiger partial charge on any atom is -0.507 e. The Morgan fingerprint density at radius 1 is 0.727 bits per heavy atom. The van der Waals surface area contributed by atoms with Crippen molar-refractivity contribution in [3.05, 3.63) is 96.6 Å². The molecule has 0 unspecified atom stereocenters. The minimum absolute atomic E-state index is 0.00762. The summed E-state index contributed by atoms with van der Waals surface area (Å²) in [5.74, 6) is -0.0393. The largest absolute Gasteiger partial charge is 0.507 e. The van der Waals surface area contributed by atoms with Gasteiger partial charge in [0.2, 0.25) is 0 Å². The van der Waals surface area contributed by atoms with Crippen LogP contribution in [0.15, 0.2) is 95.9 Å². The van der Waals surface area contributed by atoms with Gasteiger partial charge in [0.1, 0.15) is 11.5 Å². The van der Waals surface area contributed by atoms with Gasteiger partial charge in [-0.05, 0) is 47.5 Å². The number of benzene rings is 5. The zero-order valence-electron chi connectivity index (χ0n) is 17.8. The first-order valence-electron chi connectivity index (χ1n) is 10.4. The van der Waals surface area contributed by atoms with Crippen LogP contribution in [-0.2, 0) is 10.0 Å². The molecule has 0 atom stereocenters. The highest BCUT2D eigenvalue weighted by Gasteiger charge is 2.21. The summed E-state index contributed by atoms with van der Waals surface area (Å²) in [5, 5.41) is 24.6. The summed E-state index contributed by atoms with van der Waals surface area (Å²) in [4.78, 5) is 0.147. The normalized spacial score (nSPS) is 11.7. The number of fused-ring (bicyclic) bond motifs is 2. The van der Waals surface area contributed by atoms with Gasteiger partial charge in [-0.1, -0.05) is 66.7 Å². The fourth-order valence-electron chi connectivity index (χ4n) is 4.16. The lowest BCUT2D eigenvalue weighted by Crippen LogP contribution is -2.13. The van der Waals surface area contributed by atoms with E-state index >= 15 is 0 Å². The molecule has 0 saturated carbocycles. The third-order valence-corrected chi connectivity index (χ3v) is 7.10. The van der Waals surface area contributed by atoms with Gasteiger partial charge in [-0.25, -0.2) is 8.42 Å². The number of phenolic OH excluding ortho intramolecular Hbond substituents is 2. The Hall–Kier alpha value is -4.03. The number of aromatic hydroxyl groups is 2. The highest BCUT2D eigenvalue weighted by molar-refractivity contribution is 7.92. The van der Waals surface area contributed by atoms with E-state index in [1.165, 1.54) is 6.07 Å². The maximum absolute atomic E-state index is 13.2. The molecule has 0 aromatic heterocycles. The summed E-state index contributed by atoms with van der Waals surface area (Å²) in [5.41, 5.74) is 1.92. The second-order valence-corrected chi connectivity index (χ2v) is 9.65. The minimum atomic E-state index is -3.89. The van der Waals surface area contributed by atoms with Gasteiger partial charge in [-0.2, -0.15) is 0 Å². The molecule has 5 aromatic carbocycles. The molecule has 164 valence electrons. The molecule has 0 saturated heterocycles. The van der Waals surface area contributed by atoms with E-state index < -0.39 is 10.0 Å². The number of nitrogens with one attached hydrogen (secondary N) is 1. The lowest BCUT2D eigenvalue weighted by atomic mass is 9.93.